The first-order valence-electron chi connectivity index (χ1n) is 7.36. The van der Waals surface area contributed by atoms with Crippen molar-refractivity contribution in [1.82, 2.24) is 14.6 Å². The summed E-state index contributed by atoms with van der Waals surface area (Å²) < 4.78 is 21.2. The lowest BCUT2D eigenvalue weighted by molar-refractivity contribution is 0.0690. The van der Waals surface area contributed by atoms with Gasteiger partial charge in [0.15, 0.2) is 11.5 Å². The summed E-state index contributed by atoms with van der Waals surface area (Å²) in [6.07, 6.45) is 3.11. The molecule has 0 spiro atoms. The van der Waals surface area contributed by atoms with Crippen LogP contribution < -0.4 is 9.64 Å². The van der Waals surface area contributed by atoms with Crippen molar-refractivity contribution < 1.29 is 19.0 Å². The molecule has 2 aromatic heterocycles. The van der Waals surface area contributed by atoms with Crippen molar-refractivity contribution in [3.63, 3.8) is 0 Å². The zero-order chi connectivity index (χ0) is 16.7. The third kappa shape index (κ3) is 2.32. The minimum Gasteiger partial charge on any atom is -0.491 e. The van der Waals surface area contributed by atoms with Crippen LogP contribution in [0.3, 0.4) is 0 Å². The highest BCUT2D eigenvalue weighted by Gasteiger charge is 2.22. The van der Waals surface area contributed by atoms with E-state index in [0.29, 0.717) is 35.8 Å². The number of carboxylic acid groups (broad SMARTS) is 1. The molecule has 0 atom stereocenters. The molecule has 1 aliphatic rings. The van der Waals surface area contributed by atoms with E-state index in [-0.39, 0.29) is 18.1 Å². The standard InChI is InChI=1S/C16H13FN4O3/c17-11-2-1-3-14-10(11)9-20(6-7-24-14)15-13-8-12(16(22)23)19-21(13)5-4-18-15/h1-5,8H,6-7,9H2,(H,22,23). The summed E-state index contributed by atoms with van der Waals surface area (Å²) in [7, 11) is 0. The van der Waals surface area contributed by atoms with Gasteiger partial charge >= 0.3 is 5.97 Å². The van der Waals surface area contributed by atoms with E-state index in [9.17, 15) is 9.18 Å². The number of carboxylic acids is 1. The van der Waals surface area contributed by atoms with Crippen LogP contribution in [0.15, 0.2) is 36.7 Å². The molecule has 7 nitrogen and oxygen atoms in total. The Kier molecular flexibility index (Phi) is 3.30. The van der Waals surface area contributed by atoms with Crippen LogP contribution in [0.1, 0.15) is 16.1 Å². The highest BCUT2D eigenvalue weighted by Crippen LogP contribution is 2.29. The van der Waals surface area contributed by atoms with Crippen LogP contribution in [0.5, 0.6) is 5.75 Å². The first-order chi connectivity index (χ1) is 11.6. The molecule has 0 saturated carbocycles. The van der Waals surface area contributed by atoms with Crippen molar-refractivity contribution in [3.05, 3.63) is 53.7 Å². The van der Waals surface area contributed by atoms with Crippen LogP contribution in [0.4, 0.5) is 10.2 Å². The smallest absolute Gasteiger partial charge is 0.356 e. The van der Waals surface area contributed by atoms with Crippen molar-refractivity contribution >= 4 is 17.3 Å². The SMILES string of the molecule is O=C(O)c1cc2c(N3CCOc4cccc(F)c4C3)nccn2n1. The minimum absolute atomic E-state index is 0.0677. The fourth-order valence-corrected chi connectivity index (χ4v) is 2.80. The molecule has 1 aliphatic heterocycles. The lowest BCUT2D eigenvalue weighted by Gasteiger charge is -2.21. The van der Waals surface area contributed by atoms with Crippen molar-refractivity contribution in [1.29, 1.82) is 0 Å². The molecule has 0 amide bonds. The number of fused-ring (bicyclic) bond motifs is 2. The van der Waals surface area contributed by atoms with E-state index < -0.39 is 5.97 Å². The zero-order valence-corrected chi connectivity index (χ0v) is 12.5. The van der Waals surface area contributed by atoms with E-state index in [1.54, 1.807) is 18.3 Å². The van der Waals surface area contributed by atoms with Gasteiger partial charge in [0.1, 0.15) is 23.7 Å². The van der Waals surface area contributed by atoms with Crippen LogP contribution in [0.25, 0.3) is 5.52 Å². The number of aromatic carboxylic acids is 1. The number of ether oxygens (including phenoxy) is 1. The highest BCUT2D eigenvalue weighted by atomic mass is 19.1. The van der Waals surface area contributed by atoms with E-state index in [1.165, 1.54) is 22.8 Å². The topological polar surface area (TPSA) is 80.0 Å². The number of aromatic nitrogens is 3. The molecule has 0 bridgehead atoms. The summed E-state index contributed by atoms with van der Waals surface area (Å²) in [5.41, 5.74) is 0.938. The number of nitrogens with zero attached hydrogens (tertiary/aromatic N) is 4. The van der Waals surface area contributed by atoms with Gasteiger partial charge in [-0.1, -0.05) is 6.07 Å². The summed E-state index contributed by atoms with van der Waals surface area (Å²) >= 11 is 0. The Morgan fingerprint density at radius 2 is 2.25 bits per heavy atom. The number of hydrogen-bond donors (Lipinski definition) is 1. The van der Waals surface area contributed by atoms with Crippen molar-refractivity contribution in [2.75, 3.05) is 18.1 Å². The summed E-state index contributed by atoms with van der Waals surface area (Å²) in [6.45, 7) is 1.15. The molecule has 24 heavy (non-hydrogen) atoms. The molecule has 0 unspecified atom stereocenters. The van der Waals surface area contributed by atoms with Crippen LogP contribution in [-0.4, -0.2) is 38.8 Å². The maximum Gasteiger partial charge on any atom is 0.356 e. The molecule has 8 heteroatoms. The van der Waals surface area contributed by atoms with E-state index in [1.807, 2.05) is 4.90 Å². The largest absolute Gasteiger partial charge is 0.491 e. The molecule has 3 aromatic rings. The van der Waals surface area contributed by atoms with E-state index in [0.717, 1.165) is 0 Å². The Bertz CT molecular complexity index is 940. The maximum absolute atomic E-state index is 14.1. The number of hydrogen-bond acceptors (Lipinski definition) is 5. The average molecular weight is 328 g/mol. The molecule has 1 aromatic carbocycles. The molecular formula is C16H13FN4O3. The third-order valence-electron chi connectivity index (χ3n) is 3.93. The molecule has 0 saturated heterocycles. The van der Waals surface area contributed by atoms with Crippen LogP contribution in [-0.2, 0) is 6.54 Å². The lowest BCUT2D eigenvalue weighted by atomic mass is 10.1. The van der Waals surface area contributed by atoms with Gasteiger partial charge in [-0.05, 0) is 12.1 Å². The molecule has 0 aliphatic carbocycles. The Morgan fingerprint density at radius 3 is 3.08 bits per heavy atom. The molecule has 3 heterocycles. The second-order valence-corrected chi connectivity index (χ2v) is 5.40. The van der Waals surface area contributed by atoms with Crippen molar-refractivity contribution in [3.8, 4) is 5.75 Å². The van der Waals surface area contributed by atoms with Gasteiger partial charge < -0.3 is 14.7 Å². The number of rotatable bonds is 2. The maximum atomic E-state index is 14.1. The summed E-state index contributed by atoms with van der Waals surface area (Å²) in [4.78, 5) is 17.3. The predicted octanol–water partition coefficient (Wildman–Crippen LogP) is 1.97. The lowest BCUT2D eigenvalue weighted by Crippen LogP contribution is -2.27. The van der Waals surface area contributed by atoms with Gasteiger partial charge in [0, 0.05) is 24.0 Å². The first kappa shape index (κ1) is 14.4. The summed E-state index contributed by atoms with van der Waals surface area (Å²) in [5, 5.41) is 13.1. The Balaban J connectivity index is 1.80. The zero-order valence-electron chi connectivity index (χ0n) is 12.5. The Hall–Kier alpha value is -3.16. The van der Waals surface area contributed by atoms with Crippen LogP contribution in [0, 0.1) is 5.82 Å². The Morgan fingerprint density at radius 1 is 1.38 bits per heavy atom. The van der Waals surface area contributed by atoms with Gasteiger partial charge in [-0.25, -0.2) is 18.7 Å². The van der Waals surface area contributed by atoms with E-state index >= 15 is 0 Å². The van der Waals surface area contributed by atoms with Crippen LogP contribution >= 0.6 is 0 Å². The predicted molar refractivity (Wildman–Crippen MR) is 82.9 cm³/mol. The molecule has 0 radical (unpaired) electrons. The molecule has 0 fully saturated rings. The monoisotopic (exact) mass is 328 g/mol. The normalized spacial score (nSPS) is 14.1. The van der Waals surface area contributed by atoms with Crippen molar-refractivity contribution in [2.45, 2.75) is 6.54 Å². The molecule has 4 rings (SSSR count). The van der Waals surface area contributed by atoms with Gasteiger partial charge in [-0.2, -0.15) is 5.10 Å². The summed E-state index contributed by atoms with van der Waals surface area (Å²) in [5.74, 6) is -0.396. The number of benzene rings is 1. The number of halogens is 1. The number of anilines is 1. The fraction of sp³-hybridized carbons (Fsp3) is 0.188. The average Bonchev–Trinajstić information content (AvgIpc) is 2.89. The van der Waals surface area contributed by atoms with E-state index in [2.05, 4.69) is 10.1 Å². The van der Waals surface area contributed by atoms with Gasteiger partial charge in [-0.15, -0.1) is 0 Å². The Labute approximate surface area is 135 Å². The van der Waals surface area contributed by atoms with Gasteiger partial charge in [-0.3, -0.25) is 0 Å². The van der Waals surface area contributed by atoms with Gasteiger partial charge in [0.2, 0.25) is 0 Å². The third-order valence-corrected chi connectivity index (χ3v) is 3.93. The first-order valence-corrected chi connectivity index (χ1v) is 7.36. The van der Waals surface area contributed by atoms with Crippen molar-refractivity contribution in [2.24, 2.45) is 0 Å². The summed E-state index contributed by atoms with van der Waals surface area (Å²) in [6, 6.07) is 6.19. The second-order valence-electron chi connectivity index (χ2n) is 5.40. The fourth-order valence-electron chi connectivity index (χ4n) is 2.80. The minimum atomic E-state index is -1.11. The second kappa shape index (κ2) is 5.48. The van der Waals surface area contributed by atoms with Crippen LogP contribution in [0.2, 0.25) is 0 Å². The molecular weight excluding hydrogens is 315 g/mol. The van der Waals surface area contributed by atoms with Gasteiger partial charge in [0.25, 0.3) is 0 Å². The van der Waals surface area contributed by atoms with Gasteiger partial charge in [0.05, 0.1) is 13.1 Å². The number of carbonyl (C=O) groups is 1. The molecule has 1 N–H and O–H groups in total. The van der Waals surface area contributed by atoms with E-state index in [4.69, 9.17) is 9.84 Å². The highest BCUT2D eigenvalue weighted by molar-refractivity contribution is 5.88. The quantitative estimate of drug-likeness (QED) is 0.775. The molecule has 122 valence electrons.